The minimum atomic E-state index is -0.225. The molecular formula is C19H35NO2. The van der Waals surface area contributed by atoms with Crippen LogP contribution in [0.3, 0.4) is 0 Å². The third-order valence-electron chi connectivity index (χ3n) is 7.40. The number of likely N-dealkylation sites (tertiary alicyclic amines) is 1. The maximum atomic E-state index is 10.3. The van der Waals surface area contributed by atoms with Crippen LogP contribution in [0.4, 0.5) is 0 Å². The van der Waals surface area contributed by atoms with Gasteiger partial charge in [0, 0.05) is 13.2 Å². The molecule has 0 radical (unpaired) electrons. The Hall–Kier alpha value is -0.120. The molecule has 128 valence electrons. The van der Waals surface area contributed by atoms with Crippen LogP contribution in [0, 0.1) is 16.7 Å². The number of ether oxygens (including phenoxy) is 1. The summed E-state index contributed by atoms with van der Waals surface area (Å²) in [6.45, 7) is 11.2. The van der Waals surface area contributed by atoms with Gasteiger partial charge in [-0.05, 0) is 68.4 Å². The number of aliphatic hydroxyl groups excluding tert-OH is 1. The number of rotatable bonds is 6. The third kappa shape index (κ3) is 2.97. The van der Waals surface area contributed by atoms with E-state index in [-0.39, 0.29) is 6.10 Å². The maximum Gasteiger partial charge on any atom is 0.0689 e. The van der Waals surface area contributed by atoms with Gasteiger partial charge in [0.1, 0.15) is 0 Å². The second-order valence-corrected chi connectivity index (χ2v) is 8.77. The normalized spacial score (nSPS) is 39.3. The molecule has 3 heteroatoms. The van der Waals surface area contributed by atoms with Gasteiger partial charge in [-0.2, -0.15) is 0 Å². The fourth-order valence-electron chi connectivity index (χ4n) is 5.26. The Morgan fingerprint density at radius 1 is 1.18 bits per heavy atom. The van der Waals surface area contributed by atoms with E-state index in [1.165, 1.54) is 38.5 Å². The van der Waals surface area contributed by atoms with E-state index in [9.17, 15) is 5.11 Å². The number of hydrogen-bond donors (Lipinski definition) is 1. The fraction of sp³-hybridized carbons (Fsp3) is 1.00. The van der Waals surface area contributed by atoms with Crippen molar-refractivity contribution in [2.75, 3.05) is 26.2 Å². The first-order chi connectivity index (χ1) is 10.4. The zero-order valence-corrected chi connectivity index (χ0v) is 14.8. The van der Waals surface area contributed by atoms with Crippen molar-refractivity contribution in [2.45, 2.75) is 77.9 Å². The van der Waals surface area contributed by atoms with Gasteiger partial charge in [0.05, 0.1) is 12.2 Å². The van der Waals surface area contributed by atoms with Crippen LogP contribution in [0.2, 0.25) is 0 Å². The van der Waals surface area contributed by atoms with Gasteiger partial charge in [0.15, 0.2) is 0 Å². The van der Waals surface area contributed by atoms with E-state index >= 15 is 0 Å². The number of piperidine rings is 1. The Bertz CT molecular complexity index is 378. The van der Waals surface area contributed by atoms with E-state index in [0.717, 1.165) is 38.6 Å². The number of hydrogen-bond acceptors (Lipinski definition) is 3. The van der Waals surface area contributed by atoms with Gasteiger partial charge in [-0.1, -0.05) is 27.2 Å². The first-order valence-electron chi connectivity index (χ1n) is 9.45. The van der Waals surface area contributed by atoms with Crippen LogP contribution in [-0.2, 0) is 4.74 Å². The van der Waals surface area contributed by atoms with Crippen molar-refractivity contribution >= 4 is 0 Å². The molecule has 2 aliphatic carbocycles. The molecule has 3 rings (SSSR count). The Morgan fingerprint density at radius 3 is 2.50 bits per heavy atom. The van der Waals surface area contributed by atoms with Crippen LogP contribution in [0.1, 0.15) is 65.7 Å². The molecule has 0 aromatic rings. The second-order valence-electron chi connectivity index (χ2n) is 8.77. The summed E-state index contributed by atoms with van der Waals surface area (Å²) in [7, 11) is 0. The summed E-state index contributed by atoms with van der Waals surface area (Å²) in [6.07, 6.45) is 8.82. The second kappa shape index (κ2) is 6.41. The number of aliphatic hydroxyl groups is 1. The van der Waals surface area contributed by atoms with Gasteiger partial charge in [0.2, 0.25) is 0 Å². The highest BCUT2D eigenvalue weighted by Gasteiger charge is 2.61. The average molecular weight is 309 g/mol. The molecule has 4 atom stereocenters. The molecule has 2 bridgehead atoms. The zero-order chi connectivity index (χ0) is 15.8. The van der Waals surface area contributed by atoms with Gasteiger partial charge in [-0.3, -0.25) is 0 Å². The van der Waals surface area contributed by atoms with Crippen molar-refractivity contribution in [2.24, 2.45) is 16.7 Å². The minimum Gasteiger partial charge on any atom is -0.392 e. The zero-order valence-electron chi connectivity index (χ0n) is 14.8. The summed E-state index contributed by atoms with van der Waals surface area (Å²) in [5.41, 5.74) is 0.763. The topological polar surface area (TPSA) is 32.7 Å². The fourth-order valence-corrected chi connectivity index (χ4v) is 5.26. The predicted octanol–water partition coefficient (Wildman–Crippen LogP) is 3.45. The summed E-state index contributed by atoms with van der Waals surface area (Å²) in [5.74, 6) is 0.834. The summed E-state index contributed by atoms with van der Waals surface area (Å²) in [4.78, 5) is 2.41. The molecule has 0 amide bonds. The first-order valence-corrected chi connectivity index (χ1v) is 9.45. The molecule has 3 fully saturated rings. The number of nitrogens with zero attached hydrogens (tertiary/aromatic N) is 1. The Kier molecular flexibility index (Phi) is 4.87. The molecule has 1 aliphatic heterocycles. The molecule has 0 unspecified atom stereocenters. The lowest BCUT2D eigenvalue weighted by Crippen LogP contribution is -2.39. The highest BCUT2D eigenvalue weighted by atomic mass is 16.5. The summed E-state index contributed by atoms with van der Waals surface area (Å²) < 4.78 is 6.26. The van der Waals surface area contributed by atoms with Crippen LogP contribution in [0.25, 0.3) is 0 Å². The molecule has 3 aliphatic rings. The van der Waals surface area contributed by atoms with Crippen LogP contribution < -0.4 is 0 Å². The van der Waals surface area contributed by atoms with E-state index in [4.69, 9.17) is 4.74 Å². The van der Waals surface area contributed by atoms with Gasteiger partial charge in [0.25, 0.3) is 0 Å². The summed E-state index contributed by atoms with van der Waals surface area (Å²) in [5, 5.41) is 10.3. The van der Waals surface area contributed by atoms with Gasteiger partial charge < -0.3 is 14.7 Å². The predicted molar refractivity (Wildman–Crippen MR) is 89.9 cm³/mol. The Labute approximate surface area is 136 Å². The smallest absolute Gasteiger partial charge is 0.0689 e. The quantitative estimate of drug-likeness (QED) is 0.815. The van der Waals surface area contributed by atoms with Crippen molar-refractivity contribution in [3.05, 3.63) is 0 Å². The largest absolute Gasteiger partial charge is 0.392 e. The van der Waals surface area contributed by atoms with E-state index in [0.29, 0.717) is 16.9 Å². The van der Waals surface area contributed by atoms with Crippen molar-refractivity contribution in [1.82, 2.24) is 4.90 Å². The first kappa shape index (κ1) is 16.7. The van der Waals surface area contributed by atoms with Crippen LogP contribution in [0.15, 0.2) is 0 Å². The van der Waals surface area contributed by atoms with Gasteiger partial charge in [-0.25, -0.2) is 0 Å². The molecule has 1 heterocycles. The van der Waals surface area contributed by atoms with E-state index in [1.54, 1.807) is 0 Å². The van der Waals surface area contributed by atoms with Crippen molar-refractivity contribution in [3.8, 4) is 0 Å². The Morgan fingerprint density at radius 2 is 1.91 bits per heavy atom. The Balaban J connectivity index is 1.40. The highest BCUT2D eigenvalue weighted by Crippen LogP contribution is 2.66. The van der Waals surface area contributed by atoms with Crippen LogP contribution >= 0.6 is 0 Å². The average Bonchev–Trinajstić information content (AvgIpc) is 2.81. The minimum absolute atomic E-state index is 0.225. The molecule has 0 aromatic carbocycles. The number of fused-ring (bicyclic) bond motifs is 2. The van der Waals surface area contributed by atoms with E-state index < -0.39 is 0 Å². The lowest BCUT2D eigenvalue weighted by molar-refractivity contribution is -0.0566. The monoisotopic (exact) mass is 309 g/mol. The molecule has 1 saturated heterocycles. The van der Waals surface area contributed by atoms with E-state index in [1.807, 2.05) is 0 Å². The number of β-amino-alcohol motifs (C(OH)–C–C–N with tert-alkyl or cyclic N) is 1. The lowest BCUT2D eigenvalue weighted by Gasteiger charge is -2.39. The molecule has 22 heavy (non-hydrogen) atoms. The maximum absolute atomic E-state index is 10.3. The third-order valence-corrected chi connectivity index (χ3v) is 7.40. The SMILES string of the molecule is CC1(C)[C@H]2CC[C@@]1(C)[C@@H](OCC[C@H](O)CN1CCCCC1)C2. The van der Waals surface area contributed by atoms with Crippen LogP contribution in [0.5, 0.6) is 0 Å². The molecule has 1 N–H and O–H groups in total. The van der Waals surface area contributed by atoms with Crippen LogP contribution in [-0.4, -0.2) is 48.5 Å². The highest BCUT2D eigenvalue weighted by molar-refractivity contribution is 5.11. The van der Waals surface area contributed by atoms with Gasteiger partial charge >= 0.3 is 0 Å². The molecule has 2 saturated carbocycles. The van der Waals surface area contributed by atoms with Crippen molar-refractivity contribution < 1.29 is 9.84 Å². The molecule has 0 spiro atoms. The molecular weight excluding hydrogens is 274 g/mol. The van der Waals surface area contributed by atoms with Crippen molar-refractivity contribution in [1.29, 1.82) is 0 Å². The summed E-state index contributed by atoms with van der Waals surface area (Å²) >= 11 is 0. The summed E-state index contributed by atoms with van der Waals surface area (Å²) in [6, 6.07) is 0. The lowest BCUT2D eigenvalue weighted by atomic mass is 9.70. The van der Waals surface area contributed by atoms with Gasteiger partial charge in [-0.15, -0.1) is 0 Å². The standard InChI is InChI=1S/C19H35NO2/c1-18(2)15-7-9-19(18,3)17(13-15)22-12-8-16(21)14-20-10-5-4-6-11-20/h15-17,21H,4-14H2,1-3H3/t15-,16-,17-,19-/m0/s1. The molecule has 3 nitrogen and oxygen atoms in total. The molecule has 0 aromatic heterocycles. The van der Waals surface area contributed by atoms with Crippen molar-refractivity contribution in [3.63, 3.8) is 0 Å². The van der Waals surface area contributed by atoms with E-state index in [2.05, 4.69) is 25.7 Å².